The number of benzene rings is 14. The van der Waals surface area contributed by atoms with E-state index in [0.29, 0.717) is 17.5 Å². The van der Waals surface area contributed by atoms with Crippen LogP contribution in [-0.2, 0) is 0 Å². The van der Waals surface area contributed by atoms with Gasteiger partial charge in [0, 0.05) is 67.2 Å². The summed E-state index contributed by atoms with van der Waals surface area (Å²) in [7, 11) is 0. The lowest BCUT2D eigenvalue weighted by molar-refractivity contribution is 1.06. The zero-order valence-electron chi connectivity index (χ0n) is 51.2. The molecule has 0 saturated heterocycles. The number of para-hydroxylation sites is 4. The SMILES string of the molecule is c1ccc(-c2ccc3c(c2)c2cc(-c4ccccc4)ccc2n3-c2c(-c3cccc(-c4cccc(-c5cccc(N6c7ccccc7B7c8ccccc8N(c8ccccc8)c8cccc6c87)c5)c4)c3)cccc2-c2nc(-c3ccccc3)nc(-c3ccccc3)n2)cc1. The maximum absolute atomic E-state index is 5.43. The van der Waals surface area contributed by atoms with Crippen molar-refractivity contribution in [3.8, 4) is 95.5 Å². The molecular formula is C87H57BN6. The lowest BCUT2D eigenvalue weighted by Gasteiger charge is -2.44. The van der Waals surface area contributed by atoms with Crippen LogP contribution in [0.4, 0.5) is 34.1 Å². The van der Waals surface area contributed by atoms with Gasteiger partial charge in [-0.3, -0.25) is 0 Å². The molecule has 0 N–H and O–H groups in total. The first kappa shape index (κ1) is 54.5. The van der Waals surface area contributed by atoms with E-state index < -0.39 is 0 Å². The summed E-state index contributed by atoms with van der Waals surface area (Å²) in [6, 6.07) is 125. The van der Waals surface area contributed by atoms with E-state index in [4.69, 9.17) is 15.0 Å². The van der Waals surface area contributed by atoms with E-state index in [1.165, 1.54) is 39.1 Å². The Morgan fingerprint density at radius 2 is 0.596 bits per heavy atom. The van der Waals surface area contributed by atoms with Crippen LogP contribution in [0, 0.1) is 0 Å². The quantitative estimate of drug-likeness (QED) is 0.121. The molecule has 7 heteroatoms. The molecule has 0 aliphatic carbocycles. The Labute approximate surface area is 546 Å². The van der Waals surface area contributed by atoms with Crippen molar-refractivity contribution in [2.24, 2.45) is 0 Å². The maximum atomic E-state index is 5.43. The van der Waals surface area contributed by atoms with Crippen LogP contribution in [0.5, 0.6) is 0 Å². The van der Waals surface area contributed by atoms with E-state index >= 15 is 0 Å². The molecule has 16 aromatic rings. The predicted molar refractivity (Wildman–Crippen MR) is 392 cm³/mol. The van der Waals surface area contributed by atoms with E-state index in [1.807, 2.05) is 36.4 Å². The van der Waals surface area contributed by atoms with E-state index in [0.717, 1.165) is 111 Å². The van der Waals surface area contributed by atoms with Crippen molar-refractivity contribution in [3.05, 3.63) is 346 Å². The summed E-state index contributed by atoms with van der Waals surface area (Å²) in [4.78, 5) is 20.9. The van der Waals surface area contributed by atoms with Gasteiger partial charge in [-0.15, -0.1) is 0 Å². The summed E-state index contributed by atoms with van der Waals surface area (Å²) in [5.41, 5.74) is 27.9. The molecule has 0 amide bonds. The van der Waals surface area contributed by atoms with Gasteiger partial charge in [0.05, 0.1) is 16.7 Å². The predicted octanol–water partition coefficient (Wildman–Crippen LogP) is 20.4. The van der Waals surface area contributed by atoms with Crippen molar-refractivity contribution in [3.63, 3.8) is 0 Å². The Morgan fingerprint density at radius 1 is 0.234 bits per heavy atom. The van der Waals surface area contributed by atoms with Gasteiger partial charge in [-0.25, -0.2) is 15.0 Å². The largest absolute Gasteiger partial charge is 0.311 e. The number of rotatable bonds is 11. The minimum absolute atomic E-state index is 0.0659. The monoisotopic (exact) mass is 1200 g/mol. The lowest BCUT2D eigenvalue weighted by Crippen LogP contribution is -2.61. The van der Waals surface area contributed by atoms with E-state index in [-0.39, 0.29) is 6.71 Å². The molecule has 0 unspecified atom stereocenters. The molecule has 14 aromatic carbocycles. The highest BCUT2D eigenvalue weighted by Crippen LogP contribution is 2.47. The average molecular weight is 1200 g/mol. The summed E-state index contributed by atoms with van der Waals surface area (Å²) in [6.07, 6.45) is 0. The third kappa shape index (κ3) is 9.32. The molecule has 6 nitrogen and oxygen atoms in total. The highest BCUT2D eigenvalue weighted by molar-refractivity contribution is 7.00. The molecule has 94 heavy (non-hydrogen) atoms. The molecule has 0 radical (unpaired) electrons. The fraction of sp³-hybridized carbons (Fsp3) is 0. The Kier molecular flexibility index (Phi) is 13.2. The number of aromatic nitrogens is 4. The standard InChI is InChI=1S/C87H57BN6/c1-6-25-58(26-7-1)66-49-51-77-73(56-66)74-57-67(59-27-8-2-9-28-59)50-52-78(74)94(77)84-71(41-23-42-72(84)87-90-85(60-29-10-3-11-30-60)89-86(91-87)61-31-12-4-13-32-61)68-37-21-35-64(54-68)62-33-20-34-63(53-62)65-36-22-40-70(55-65)93-80-46-19-17-44-76(80)88-75-43-16-18-45-79(75)92(69-38-14-5-15-39-69)81-47-24-48-82(93)83(81)88/h1-57H. The van der Waals surface area contributed by atoms with Crippen LogP contribution in [-0.4, -0.2) is 26.2 Å². The number of fused-ring (bicyclic) bond motifs is 7. The highest BCUT2D eigenvalue weighted by Gasteiger charge is 2.43. The van der Waals surface area contributed by atoms with Crippen LogP contribution in [0.1, 0.15) is 0 Å². The number of nitrogens with zero attached hydrogens (tertiary/aromatic N) is 6. The van der Waals surface area contributed by atoms with Gasteiger partial charge in [-0.2, -0.15) is 0 Å². The fourth-order valence-electron chi connectivity index (χ4n) is 14.5. The minimum atomic E-state index is 0.0659. The molecule has 18 rings (SSSR count). The van der Waals surface area contributed by atoms with Crippen LogP contribution in [0.25, 0.3) is 117 Å². The first-order chi connectivity index (χ1) is 46.6. The third-order valence-corrected chi connectivity index (χ3v) is 18.8. The van der Waals surface area contributed by atoms with Crippen LogP contribution >= 0.6 is 0 Å². The second kappa shape index (κ2) is 22.8. The van der Waals surface area contributed by atoms with Crippen LogP contribution in [0.15, 0.2) is 346 Å². The fourth-order valence-corrected chi connectivity index (χ4v) is 14.5. The zero-order chi connectivity index (χ0) is 62.1. The van der Waals surface area contributed by atoms with Crippen molar-refractivity contribution in [1.29, 1.82) is 0 Å². The van der Waals surface area contributed by atoms with Gasteiger partial charge in [0.1, 0.15) is 0 Å². The molecule has 0 bridgehead atoms. The van der Waals surface area contributed by atoms with Gasteiger partial charge in [0.25, 0.3) is 6.71 Å². The van der Waals surface area contributed by atoms with Gasteiger partial charge in [0.2, 0.25) is 0 Å². The van der Waals surface area contributed by atoms with E-state index in [2.05, 4.69) is 324 Å². The summed E-state index contributed by atoms with van der Waals surface area (Å²) in [6.45, 7) is 0.0659. The molecule has 4 heterocycles. The van der Waals surface area contributed by atoms with Crippen LogP contribution < -0.4 is 26.2 Å². The molecule has 2 aliphatic rings. The summed E-state index contributed by atoms with van der Waals surface area (Å²) in [5, 5.41) is 2.29. The smallest absolute Gasteiger partial charge is 0.252 e. The van der Waals surface area contributed by atoms with Crippen molar-refractivity contribution in [1.82, 2.24) is 19.5 Å². The first-order valence-electron chi connectivity index (χ1n) is 32.1. The third-order valence-electron chi connectivity index (χ3n) is 18.8. The molecule has 0 atom stereocenters. The van der Waals surface area contributed by atoms with Gasteiger partial charge < -0.3 is 14.4 Å². The van der Waals surface area contributed by atoms with Crippen molar-refractivity contribution in [2.45, 2.75) is 0 Å². The number of hydrogen-bond donors (Lipinski definition) is 0. The molecule has 0 spiro atoms. The summed E-state index contributed by atoms with van der Waals surface area (Å²) < 4.78 is 2.46. The lowest BCUT2D eigenvalue weighted by atomic mass is 9.33. The normalized spacial score (nSPS) is 12.2. The van der Waals surface area contributed by atoms with Gasteiger partial charge in [-0.1, -0.05) is 255 Å². The zero-order valence-corrected chi connectivity index (χ0v) is 51.2. The molecule has 0 saturated carbocycles. The first-order valence-corrected chi connectivity index (χ1v) is 32.1. The van der Waals surface area contributed by atoms with E-state index in [9.17, 15) is 0 Å². The molecule has 2 aliphatic heterocycles. The summed E-state index contributed by atoms with van der Waals surface area (Å²) >= 11 is 0. The topological polar surface area (TPSA) is 50.1 Å². The molecule has 2 aromatic heterocycles. The number of anilines is 6. The Bertz CT molecular complexity index is 5420. The van der Waals surface area contributed by atoms with Gasteiger partial charge in [-0.05, 0) is 157 Å². The molecule has 0 fully saturated rings. The molecule has 438 valence electrons. The van der Waals surface area contributed by atoms with Crippen molar-refractivity contribution in [2.75, 3.05) is 9.80 Å². The Balaban J connectivity index is 0.794. The van der Waals surface area contributed by atoms with Crippen molar-refractivity contribution < 1.29 is 0 Å². The second-order valence-electron chi connectivity index (χ2n) is 24.3. The Morgan fingerprint density at radius 3 is 1.14 bits per heavy atom. The van der Waals surface area contributed by atoms with Crippen molar-refractivity contribution >= 4 is 79.0 Å². The summed E-state index contributed by atoms with van der Waals surface area (Å²) in [5.74, 6) is 1.78. The maximum Gasteiger partial charge on any atom is 0.252 e. The second-order valence-corrected chi connectivity index (χ2v) is 24.3. The minimum Gasteiger partial charge on any atom is -0.311 e. The Hall–Kier alpha value is -12.4. The number of hydrogen-bond acceptors (Lipinski definition) is 5. The van der Waals surface area contributed by atoms with E-state index in [1.54, 1.807) is 0 Å². The molecular weight excluding hydrogens is 1140 g/mol. The van der Waals surface area contributed by atoms with Crippen LogP contribution in [0.3, 0.4) is 0 Å². The highest BCUT2D eigenvalue weighted by atomic mass is 15.2. The average Bonchev–Trinajstić information content (AvgIpc) is 0.928. The van der Waals surface area contributed by atoms with Crippen LogP contribution in [0.2, 0.25) is 0 Å². The van der Waals surface area contributed by atoms with Gasteiger partial charge in [0.15, 0.2) is 17.5 Å². The van der Waals surface area contributed by atoms with Gasteiger partial charge >= 0.3 is 0 Å².